The number of carbonyl (C=O) groups excluding carboxylic acids is 4. The Morgan fingerprint density at radius 2 is 1.91 bits per heavy atom. The molecule has 0 aliphatic carbocycles. The molecule has 2 aromatic rings. The van der Waals surface area contributed by atoms with Gasteiger partial charge in [-0.3, -0.25) is 24.3 Å². The third-order valence-electron chi connectivity index (χ3n) is 5.65. The van der Waals surface area contributed by atoms with Crippen molar-refractivity contribution in [2.24, 2.45) is 5.41 Å². The van der Waals surface area contributed by atoms with E-state index in [1.165, 1.54) is 23.2 Å². The third-order valence-corrected chi connectivity index (χ3v) is 5.95. The van der Waals surface area contributed by atoms with Gasteiger partial charge in [0.15, 0.2) is 5.78 Å². The predicted molar refractivity (Wildman–Crippen MR) is 123 cm³/mol. The molecule has 9 nitrogen and oxygen atoms in total. The number of ketones is 1. The zero-order chi connectivity index (χ0) is 23.9. The van der Waals surface area contributed by atoms with Gasteiger partial charge in [0.2, 0.25) is 0 Å². The summed E-state index contributed by atoms with van der Waals surface area (Å²) < 4.78 is 0. The fraction of sp³-hybridized carbons (Fsp3) is 0.348. The Balaban J connectivity index is 1.59. The second-order valence-corrected chi connectivity index (χ2v) is 9.41. The Morgan fingerprint density at radius 1 is 1.15 bits per heavy atom. The molecule has 10 heteroatoms. The van der Waals surface area contributed by atoms with Gasteiger partial charge in [-0.25, -0.2) is 9.69 Å². The van der Waals surface area contributed by atoms with Gasteiger partial charge in [-0.1, -0.05) is 38.4 Å². The van der Waals surface area contributed by atoms with Crippen LogP contribution in [0.2, 0.25) is 5.02 Å². The number of hydrogen-bond acceptors (Lipinski definition) is 6. The summed E-state index contributed by atoms with van der Waals surface area (Å²) >= 11 is 6.42. The lowest BCUT2D eigenvalue weighted by Gasteiger charge is -2.37. The molecule has 172 valence electrons. The number of nitrogens with zero attached hydrogens (tertiary/aromatic N) is 3. The minimum Gasteiger partial charge on any atom is -0.321 e. The standard InChI is InChI=1S/C23H24ClN5O4/c1-23(2,3)19(30)17-11-25-12-18-21(32)29(22(33)28(17)18)16-8-7-13(10-14(16)24)27-20(31)15-6-4-5-9-26-15/h4-10,17-18,25H,11-12H2,1-3H3,(H,27,31). The second kappa shape index (κ2) is 8.57. The summed E-state index contributed by atoms with van der Waals surface area (Å²) in [5, 5.41) is 5.90. The van der Waals surface area contributed by atoms with Crippen molar-refractivity contribution < 1.29 is 19.2 Å². The lowest BCUT2D eigenvalue weighted by molar-refractivity contribution is -0.133. The fourth-order valence-electron chi connectivity index (χ4n) is 4.00. The van der Waals surface area contributed by atoms with E-state index in [1.807, 2.05) is 0 Å². The number of benzene rings is 1. The van der Waals surface area contributed by atoms with Crippen LogP contribution in [0.5, 0.6) is 0 Å². The number of nitrogens with one attached hydrogen (secondary N) is 2. The smallest absolute Gasteiger partial charge is 0.321 e. The molecule has 4 amide bonds. The number of pyridine rings is 1. The number of fused-ring (bicyclic) bond motifs is 1. The lowest BCUT2D eigenvalue weighted by atomic mass is 9.85. The van der Waals surface area contributed by atoms with Crippen LogP contribution in [0, 0.1) is 5.41 Å². The van der Waals surface area contributed by atoms with Gasteiger partial charge in [-0.15, -0.1) is 0 Å². The predicted octanol–water partition coefficient (Wildman–Crippen LogP) is 2.71. The number of aromatic nitrogens is 1. The molecule has 3 heterocycles. The first-order valence-electron chi connectivity index (χ1n) is 10.5. The lowest BCUT2D eigenvalue weighted by Crippen LogP contribution is -2.61. The monoisotopic (exact) mass is 469 g/mol. The van der Waals surface area contributed by atoms with Gasteiger partial charge < -0.3 is 10.6 Å². The molecule has 2 fully saturated rings. The molecule has 4 rings (SSSR count). The van der Waals surface area contributed by atoms with Crippen molar-refractivity contribution in [2.45, 2.75) is 32.9 Å². The first-order valence-corrected chi connectivity index (χ1v) is 10.9. The van der Waals surface area contributed by atoms with Crippen molar-refractivity contribution in [1.82, 2.24) is 15.2 Å². The first kappa shape index (κ1) is 22.9. The van der Waals surface area contributed by atoms with Crippen LogP contribution in [-0.4, -0.2) is 58.7 Å². The first-order chi connectivity index (χ1) is 15.6. The van der Waals surface area contributed by atoms with Crippen LogP contribution in [0.3, 0.4) is 0 Å². The summed E-state index contributed by atoms with van der Waals surface area (Å²) in [6.45, 7) is 5.90. The highest BCUT2D eigenvalue weighted by atomic mass is 35.5. The average molecular weight is 470 g/mol. The molecular weight excluding hydrogens is 446 g/mol. The van der Waals surface area contributed by atoms with E-state index in [0.717, 1.165) is 4.90 Å². The van der Waals surface area contributed by atoms with Crippen LogP contribution < -0.4 is 15.5 Å². The van der Waals surface area contributed by atoms with Gasteiger partial charge >= 0.3 is 6.03 Å². The van der Waals surface area contributed by atoms with E-state index in [9.17, 15) is 19.2 Å². The van der Waals surface area contributed by atoms with E-state index >= 15 is 0 Å². The molecule has 2 N–H and O–H groups in total. The van der Waals surface area contributed by atoms with Crippen LogP contribution in [0.25, 0.3) is 0 Å². The normalized spacial score (nSPS) is 20.6. The van der Waals surface area contributed by atoms with Crippen LogP contribution >= 0.6 is 11.6 Å². The molecule has 2 atom stereocenters. The van der Waals surface area contributed by atoms with Crippen LogP contribution in [-0.2, 0) is 9.59 Å². The van der Waals surface area contributed by atoms with E-state index in [2.05, 4.69) is 15.6 Å². The zero-order valence-electron chi connectivity index (χ0n) is 18.5. The summed E-state index contributed by atoms with van der Waals surface area (Å²) in [7, 11) is 0. The van der Waals surface area contributed by atoms with Crippen LogP contribution in [0.1, 0.15) is 31.3 Å². The molecule has 2 saturated heterocycles. The van der Waals surface area contributed by atoms with Gasteiger partial charge in [0.05, 0.1) is 10.7 Å². The van der Waals surface area contributed by atoms with Gasteiger partial charge in [-0.2, -0.15) is 0 Å². The second-order valence-electron chi connectivity index (χ2n) is 9.00. The van der Waals surface area contributed by atoms with E-state index in [0.29, 0.717) is 5.69 Å². The van der Waals surface area contributed by atoms with Crippen molar-refractivity contribution in [1.29, 1.82) is 0 Å². The summed E-state index contributed by atoms with van der Waals surface area (Å²) in [4.78, 5) is 58.1. The Morgan fingerprint density at radius 3 is 2.55 bits per heavy atom. The van der Waals surface area contributed by atoms with Crippen molar-refractivity contribution in [2.75, 3.05) is 23.3 Å². The number of urea groups is 1. The minimum atomic E-state index is -0.790. The Labute approximate surface area is 196 Å². The molecule has 2 unspecified atom stereocenters. The highest BCUT2D eigenvalue weighted by molar-refractivity contribution is 6.36. The maximum Gasteiger partial charge on any atom is 0.332 e. The Hall–Kier alpha value is -3.30. The number of anilines is 2. The van der Waals surface area contributed by atoms with Crippen molar-refractivity contribution >= 4 is 46.6 Å². The molecule has 2 aliphatic rings. The number of halogens is 1. The Kier molecular flexibility index (Phi) is 5.94. The molecule has 0 radical (unpaired) electrons. The third kappa shape index (κ3) is 4.21. The number of Topliss-reactive ketones (excluding diaryl/α,β-unsaturated/α-hetero) is 1. The average Bonchev–Trinajstić information content (AvgIpc) is 3.04. The van der Waals surface area contributed by atoms with Crippen molar-refractivity contribution in [3.63, 3.8) is 0 Å². The summed E-state index contributed by atoms with van der Waals surface area (Å²) in [5.74, 6) is -0.994. The molecule has 1 aromatic carbocycles. The number of piperazine rings is 1. The van der Waals surface area contributed by atoms with Gasteiger partial charge in [0.1, 0.15) is 17.8 Å². The number of amides is 4. The molecule has 2 aliphatic heterocycles. The minimum absolute atomic E-state index is 0.113. The van der Waals surface area contributed by atoms with Crippen LogP contribution in [0.4, 0.5) is 16.2 Å². The van der Waals surface area contributed by atoms with E-state index in [-0.39, 0.29) is 35.3 Å². The zero-order valence-corrected chi connectivity index (χ0v) is 19.2. The quantitative estimate of drug-likeness (QED) is 0.666. The number of rotatable bonds is 4. The summed E-state index contributed by atoms with van der Waals surface area (Å²) in [6.07, 6.45) is 1.51. The molecule has 33 heavy (non-hydrogen) atoms. The summed E-state index contributed by atoms with van der Waals surface area (Å²) in [5.41, 5.74) is 0.148. The number of hydrogen-bond donors (Lipinski definition) is 2. The van der Waals surface area contributed by atoms with Crippen molar-refractivity contribution in [3.8, 4) is 0 Å². The topological polar surface area (TPSA) is 112 Å². The molecule has 0 spiro atoms. The fourth-order valence-corrected chi connectivity index (χ4v) is 4.27. The van der Waals surface area contributed by atoms with Gasteiger partial charge in [0, 0.05) is 30.4 Å². The van der Waals surface area contributed by atoms with E-state index in [1.54, 1.807) is 45.0 Å². The Bertz CT molecular complexity index is 1130. The SMILES string of the molecule is CC(C)(C)C(=O)C1CNCC2C(=O)N(c3ccc(NC(=O)c4ccccn4)cc3Cl)C(=O)N21. The number of carbonyl (C=O) groups is 4. The molecular formula is C23H24ClN5O4. The summed E-state index contributed by atoms with van der Waals surface area (Å²) in [6, 6.07) is 7.37. The van der Waals surface area contributed by atoms with Gasteiger partial charge in [0.25, 0.3) is 11.8 Å². The molecule has 0 saturated carbocycles. The van der Waals surface area contributed by atoms with E-state index in [4.69, 9.17) is 11.6 Å². The highest BCUT2D eigenvalue weighted by Gasteiger charge is 2.53. The molecule has 0 bridgehead atoms. The van der Waals surface area contributed by atoms with E-state index < -0.39 is 35.3 Å². The maximum absolute atomic E-state index is 13.3. The maximum atomic E-state index is 13.3. The highest BCUT2D eigenvalue weighted by Crippen LogP contribution is 2.36. The van der Waals surface area contributed by atoms with Crippen molar-refractivity contribution in [3.05, 3.63) is 53.3 Å². The number of imide groups is 1. The van der Waals surface area contributed by atoms with Gasteiger partial charge in [-0.05, 0) is 30.3 Å². The van der Waals surface area contributed by atoms with Crippen LogP contribution in [0.15, 0.2) is 42.6 Å². The molecule has 1 aromatic heterocycles. The largest absolute Gasteiger partial charge is 0.332 e.